The highest BCUT2D eigenvalue weighted by Crippen LogP contribution is 2.57. The van der Waals surface area contributed by atoms with E-state index in [-0.39, 0.29) is 36.0 Å². The van der Waals surface area contributed by atoms with Crippen LogP contribution in [0.4, 0.5) is 0 Å². The van der Waals surface area contributed by atoms with Crippen molar-refractivity contribution in [3.63, 3.8) is 0 Å². The van der Waals surface area contributed by atoms with Crippen molar-refractivity contribution in [1.82, 2.24) is 24.1 Å². The van der Waals surface area contributed by atoms with Gasteiger partial charge in [0.05, 0.1) is 28.9 Å². The molecule has 0 saturated carbocycles. The summed E-state index contributed by atoms with van der Waals surface area (Å²) < 4.78 is 51.3. The Bertz CT molecular complexity index is 4270. The molecular weight excluding hydrogens is 879 g/mol. The van der Waals surface area contributed by atoms with Gasteiger partial charge in [-0.1, -0.05) is 224 Å². The second kappa shape index (κ2) is 15.5. The molecule has 0 saturated heterocycles. The normalized spacial score (nSPS) is 15.7. The Labute approximate surface area is 418 Å². The van der Waals surface area contributed by atoms with E-state index in [1.807, 2.05) is 36.4 Å². The third kappa shape index (κ3) is 5.65. The molecule has 332 valence electrons. The van der Waals surface area contributed by atoms with Gasteiger partial charge in [0.25, 0.3) is 0 Å². The minimum absolute atomic E-state index is 0.189. The molecule has 3 aromatic heterocycles. The number of rotatable bonds is 7. The average Bonchev–Trinajstić information content (AvgIpc) is 4.14. The summed E-state index contributed by atoms with van der Waals surface area (Å²) in [4.78, 5) is 16.7. The minimum Gasteiger partial charge on any atom is -0.278 e. The van der Waals surface area contributed by atoms with Gasteiger partial charge in [-0.25, -0.2) is 0 Å². The second-order valence-corrected chi connectivity index (χ2v) is 22.3. The first kappa shape index (κ1) is 35.2. The fraction of sp³-hybridized carbons (Fsp3) is 0.0308. The molecule has 3 heterocycles. The quantitative estimate of drug-likeness (QED) is 0.118. The molecule has 71 heavy (non-hydrogen) atoms. The summed E-state index contributed by atoms with van der Waals surface area (Å²) in [5, 5.41) is 7.51. The molecule has 0 spiro atoms. The zero-order valence-electron chi connectivity index (χ0n) is 43.2. The molecule has 0 N–H and O–H groups in total. The third-order valence-electron chi connectivity index (χ3n) is 15.2. The van der Waals surface area contributed by atoms with E-state index in [0.29, 0.717) is 22.9 Å². The first-order valence-electron chi connectivity index (χ1n) is 26.6. The monoisotopic (exact) mass is 926 g/mol. The maximum atomic E-state index is 9.86. The van der Waals surface area contributed by atoms with Gasteiger partial charge in [0.15, 0.2) is 13.9 Å². The maximum absolute atomic E-state index is 9.86. The summed E-state index contributed by atoms with van der Waals surface area (Å²) in [6.45, 7) is 0. The summed E-state index contributed by atoms with van der Waals surface area (Å²) >= 11 is 0. The topological polar surface area (TPSA) is 48.5 Å². The predicted octanol–water partition coefficient (Wildman–Crippen LogP) is 12.1. The molecule has 2 unspecified atom stereocenters. The van der Waals surface area contributed by atoms with Gasteiger partial charge in [-0.15, -0.1) is 0 Å². The van der Waals surface area contributed by atoms with E-state index < -0.39 is 14.1 Å². The van der Waals surface area contributed by atoms with E-state index in [1.165, 1.54) is 5.56 Å². The predicted molar refractivity (Wildman–Crippen MR) is 292 cm³/mol. The van der Waals surface area contributed by atoms with Crippen molar-refractivity contribution in [2.75, 3.05) is 0 Å². The van der Waals surface area contributed by atoms with Crippen LogP contribution < -0.4 is 20.7 Å². The molecular formula is C65H43N5Si. The van der Waals surface area contributed by atoms with Gasteiger partial charge < -0.3 is 0 Å². The lowest BCUT2D eigenvalue weighted by Crippen LogP contribution is -2.75. The van der Waals surface area contributed by atoms with Crippen LogP contribution in [0.3, 0.4) is 0 Å². The molecule has 3 aliphatic rings. The molecule has 6 heteroatoms. The molecule has 10 aromatic carbocycles. The summed E-state index contributed by atoms with van der Waals surface area (Å²) in [6.07, 6.45) is 0. The molecule has 0 aliphatic heterocycles. The zero-order valence-corrected chi connectivity index (χ0v) is 39.2. The summed E-state index contributed by atoms with van der Waals surface area (Å²) in [7, 11) is -3.87. The Morgan fingerprint density at radius 3 is 1.30 bits per heavy atom. The van der Waals surface area contributed by atoms with E-state index in [4.69, 9.17) is 16.3 Å². The first-order chi connectivity index (χ1) is 37.3. The van der Waals surface area contributed by atoms with Crippen molar-refractivity contribution >= 4 is 72.4 Å². The number of nitrogens with zero attached hydrogens (tertiary/aromatic N) is 5. The van der Waals surface area contributed by atoms with Crippen molar-refractivity contribution in [3.05, 3.63) is 282 Å². The van der Waals surface area contributed by atoms with Gasteiger partial charge in [-0.3, -0.25) is 9.13 Å². The van der Waals surface area contributed by atoms with E-state index in [2.05, 4.69) is 191 Å². The third-order valence-corrected chi connectivity index (χ3v) is 19.8. The SMILES string of the molecule is [2H]c1c([2H])c([2H])c([Si](c2ccccc2)(c2ccccc2)c2cccc3c2C2c4ccccc4C3c3cccc(-c4nc(-n5c6ccccc6c6ccccc65)nc(-n5c6ccccc6c6ccccc65)n4)c32)c([2H])c1[2H]. The Morgan fingerprint density at radius 1 is 0.352 bits per heavy atom. The van der Waals surface area contributed by atoms with Crippen molar-refractivity contribution in [3.8, 4) is 23.3 Å². The summed E-state index contributed by atoms with van der Waals surface area (Å²) in [5.74, 6) is 0.901. The summed E-state index contributed by atoms with van der Waals surface area (Å²) in [5.41, 5.74) is 11.6. The van der Waals surface area contributed by atoms with Crippen LogP contribution in [0.2, 0.25) is 0 Å². The second-order valence-electron chi connectivity index (χ2n) is 18.6. The molecule has 0 fully saturated rings. The Hall–Kier alpha value is -8.97. The molecule has 16 rings (SSSR count). The lowest BCUT2D eigenvalue weighted by Gasteiger charge is -2.46. The Balaban J connectivity index is 1.07. The number of hydrogen-bond acceptors (Lipinski definition) is 3. The van der Waals surface area contributed by atoms with Gasteiger partial charge in [-0.2, -0.15) is 15.0 Å². The minimum atomic E-state index is -3.87. The fourth-order valence-corrected chi connectivity index (χ4v) is 17.2. The van der Waals surface area contributed by atoms with E-state index >= 15 is 0 Å². The van der Waals surface area contributed by atoms with E-state index in [1.54, 1.807) is 0 Å². The van der Waals surface area contributed by atoms with Crippen LogP contribution in [0.15, 0.2) is 249 Å². The van der Waals surface area contributed by atoms with Crippen molar-refractivity contribution in [2.24, 2.45) is 0 Å². The van der Waals surface area contributed by atoms with E-state index in [9.17, 15) is 5.48 Å². The average molecular weight is 927 g/mol. The lowest BCUT2D eigenvalue weighted by atomic mass is 9.60. The fourth-order valence-electron chi connectivity index (χ4n) is 12.5. The Morgan fingerprint density at radius 2 is 0.775 bits per heavy atom. The van der Waals surface area contributed by atoms with Crippen LogP contribution in [0.5, 0.6) is 0 Å². The highest BCUT2D eigenvalue weighted by Gasteiger charge is 2.50. The largest absolute Gasteiger partial charge is 0.278 e. The van der Waals surface area contributed by atoms with Gasteiger partial charge in [0.1, 0.15) is 0 Å². The highest BCUT2D eigenvalue weighted by atomic mass is 28.3. The Kier molecular flexibility index (Phi) is 7.69. The van der Waals surface area contributed by atoms with Gasteiger partial charge in [0, 0.05) is 38.9 Å². The van der Waals surface area contributed by atoms with Crippen molar-refractivity contribution in [2.45, 2.75) is 11.8 Å². The number of aromatic nitrogens is 5. The molecule has 2 bridgehead atoms. The molecule has 13 aromatic rings. The highest BCUT2D eigenvalue weighted by molar-refractivity contribution is 7.20. The van der Waals surface area contributed by atoms with Crippen LogP contribution in [0, 0.1) is 0 Å². The van der Waals surface area contributed by atoms with E-state index in [0.717, 1.165) is 92.6 Å². The van der Waals surface area contributed by atoms with Crippen molar-refractivity contribution in [1.29, 1.82) is 0 Å². The molecule has 0 amide bonds. The van der Waals surface area contributed by atoms with Crippen LogP contribution in [0.25, 0.3) is 66.9 Å². The van der Waals surface area contributed by atoms with Crippen LogP contribution in [-0.4, -0.2) is 32.2 Å². The first-order valence-corrected chi connectivity index (χ1v) is 26.1. The smallest absolute Gasteiger partial charge is 0.240 e. The molecule has 0 radical (unpaired) electrons. The molecule has 5 nitrogen and oxygen atoms in total. The van der Waals surface area contributed by atoms with Crippen LogP contribution >= 0.6 is 0 Å². The standard InChI is InChI=1S/C65H43N5Si/c1-4-22-42(23-5-1)71(43-24-6-2-7-25-43,44-26-8-3-9-27-44)58-41-21-35-52-59-49-32-10-11-33-50(49)62(61(52)58)60-51(59)34-20-36-53(60)63-66-64(69-54-37-16-12-28-45(54)46-29-13-17-38-55(46)69)68-65(67-63)70-56-39-18-14-30-47(56)48-31-15-19-40-57(48)70/h1-41,59,62H/i1D,4D,5D,22D,23D. The van der Waals surface area contributed by atoms with Crippen molar-refractivity contribution < 1.29 is 6.85 Å². The molecule has 2 atom stereocenters. The summed E-state index contributed by atoms with van der Waals surface area (Å²) in [6, 6.07) is 74.3. The molecule has 3 aliphatic carbocycles. The van der Waals surface area contributed by atoms with Crippen LogP contribution in [0.1, 0.15) is 52.1 Å². The van der Waals surface area contributed by atoms with Gasteiger partial charge >= 0.3 is 0 Å². The van der Waals surface area contributed by atoms with Gasteiger partial charge in [0.2, 0.25) is 11.9 Å². The lowest BCUT2D eigenvalue weighted by molar-refractivity contribution is 0.758. The zero-order chi connectivity index (χ0) is 51.0. The number of benzene rings is 10. The number of para-hydroxylation sites is 4. The number of hydrogen-bond donors (Lipinski definition) is 0. The van der Waals surface area contributed by atoms with Crippen LogP contribution in [-0.2, 0) is 0 Å². The van der Waals surface area contributed by atoms with Gasteiger partial charge in [-0.05, 0) is 78.4 Å². The number of fused-ring (bicyclic) bond motifs is 6. The maximum Gasteiger partial charge on any atom is 0.240 e.